The summed E-state index contributed by atoms with van der Waals surface area (Å²) >= 11 is 0. The minimum atomic E-state index is -3.54. The highest BCUT2D eigenvalue weighted by Gasteiger charge is 2.29. The summed E-state index contributed by atoms with van der Waals surface area (Å²) in [5.41, 5.74) is 1.18. The van der Waals surface area contributed by atoms with Gasteiger partial charge in [0.1, 0.15) is 16.4 Å². The van der Waals surface area contributed by atoms with E-state index < -0.39 is 10.0 Å². The molecule has 0 bridgehead atoms. The summed E-state index contributed by atoms with van der Waals surface area (Å²) in [6.07, 6.45) is 4.96. The van der Waals surface area contributed by atoms with Crippen molar-refractivity contribution in [3.8, 4) is 0 Å². The van der Waals surface area contributed by atoms with Gasteiger partial charge in [-0.25, -0.2) is 13.4 Å². The number of anilines is 1. The number of sulfonamides is 1. The fourth-order valence-electron chi connectivity index (χ4n) is 3.04. The molecule has 0 radical (unpaired) electrons. The lowest BCUT2D eigenvalue weighted by atomic mass is 10.2. The molecular formula is C18H25N5O3S. The third-order valence-corrected chi connectivity index (χ3v) is 6.50. The van der Waals surface area contributed by atoms with E-state index >= 15 is 0 Å². The highest BCUT2D eigenvalue weighted by atomic mass is 32.2. The Labute approximate surface area is 159 Å². The Kier molecular flexibility index (Phi) is 5.52. The Morgan fingerprint density at radius 1 is 1.26 bits per heavy atom. The summed E-state index contributed by atoms with van der Waals surface area (Å²) in [4.78, 5) is 18.9. The molecule has 1 aliphatic heterocycles. The Balaban J connectivity index is 1.69. The Bertz CT molecular complexity index is 913. The number of aromatic nitrogens is 2. The zero-order valence-electron chi connectivity index (χ0n) is 15.8. The first kappa shape index (κ1) is 19.4. The van der Waals surface area contributed by atoms with Crippen molar-refractivity contribution in [1.82, 2.24) is 19.2 Å². The summed E-state index contributed by atoms with van der Waals surface area (Å²) < 4.78 is 28.3. The fraction of sp³-hybridized carbons (Fsp3) is 0.444. The number of nitrogens with one attached hydrogen (secondary N) is 1. The maximum Gasteiger partial charge on any atom is 0.268 e. The SMILES string of the molecule is CN(C)c1ccc(CNC(=O)c2cc(S(=O)(=O)N3CCCC3)cn2C)cn1. The van der Waals surface area contributed by atoms with Crippen LogP contribution in [0.5, 0.6) is 0 Å². The number of pyridine rings is 1. The second-order valence-electron chi connectivity index (χ2n) is 6.88. The van der Waals surface area contributed by atoms with E-state index in [2.05, 4.69) is 10.3 Å². The van der Waals surface area contributed by atoms with Gasteiger partial charge in [-0.3, -0.25) is 4.79 Å². The number of hydrogen-bond donors (Lipinski definition) is 1. The number of carbonyl (C=O) groups is 1. The molecule has 2 aromatic rings. The van der Waals surface area contributed by atoms with Gasteiger partial charge in [0.05, 0.1) is 0 Å². The Morgan fingerprint density at radius 2 is 1.96 bits per heavy atom. The van der Waals surface area contributed by atoms with Gasteiger partial charge in [-0.2, -0.15) is 4.31 Å². The van der Waals surface area contributed by atoms with Crippen LogP contribution in [0.1, 0.15) is 28.9 Å². The Morgan fingerprint density at radius 3 is 2.56 bits per heavy atom. The minimum absolute atomic E-state index is 0.161. The molecule has 0 aliphatic carbocycles. The van der Waals surface area contributed by atoms with Crippen LogP contribution in [0.25, 0.3) is 0 Å². The molecule has 27 heavy (non-hydrogen) atoms. The summed E-state index contributed by atoms with van der Waals surface area (Å²) in [7, 11) is 1.96. The number of rotatable bonds is 6. The van der Waals surface area contributed by atoms with Crippen molar-refractivity contribution in [3.63, 3.8) is 0 Å². The van der Waals surface area contributed by atoms with E-state index in [0.29, 0.717) is 25.3 Å². The molecule has 0 atom stereocenters. The average molecular weight is 391 g/mol. The van der Waals surface area contributed by atoms with Crippen LogP contribution >= 0.6 is 0 Å². The predicted molar refractivity (Wildman–Crippen MR) is 103 cm³/mol. The van der Waals surface area contributed by atoms with E-state index in [-0.39, 0.29) is 10.8 Å². The minimum Gasteiger partial charge on any atom is -0.363 e. The molecule has 0 unspecified atom stereocenters. The van der Waals surface area contributed by atoms with Crippen LogP contribution in [-0.2, 0) is 23.6 Å². The van der Waals surface area contributed by atoms with Crippen LogP contribution in [0.4, 0.5) is 5.82 Å². The first-order valence-corrected chi connectivity index (χ1v) is 10.3. The van der Waals surface area contributed by atoms with Crippen molar-refractivity contribution in [2.45, 2.75) is 24.3 Å². The predicted octanol–water partition coefficient (Wildman–Crippen LogP) is 1.20. The molecular weight excluding hydrogens is 366 g/mol. The molecule has 2 aromatic heterocycles. The molecule has 0 saturated carbocycles. The van der Waals surface area contributed by atoms with Gasteiger partial charge >= 0.3 is 0 Å². The van der Waals surface area contributed by atoms with Crippen LogP contribution < -0.4 is 10.2 Å². The standard InChI is InChI=1S/C18H25N5O3S/c1-21(2)17-7-6-14(11-19-17)12-20-18(24)16-10-15(13-22(16)3)27(25,26)23-8-4-5-9-23/h6-7,10-11,13H,4-5,8-9,12H2,1-3H3,(H,20,24). The van der Waals surface area contributed by atoms with Gasteiger partial charge < -0.3 is 14.8 Å². The second-order valence-corrected chi connectivity index (χ2v) is 8.82. The van der Waals surface area contributed by atoms with Gasteiger partial charge in [-0.1, -0.05) is 6.07 Å². The largest absolute Gasteiger partial charge is 0.363 e. The summed E-state index contributed by atoms with van der Waals surface area (Å²) in [5, 5.41) is 2.82. The van der Waals surface area contributed by atoms with Gasteiger partial charge in [0.15, 0.2) is 0 Å². The van der Waals surface area contributed by atoms with Gasteiger partial charge in [0.25, 0.3) is 5.91 Å². The van der Waals surface area contributed by atoms with Crippen LogP contribution in [0, 0.1) is 0 Å². The molecule has 1 amide bonds. The van der Waals surface area contributed by atoms with E-state index in [0.717, 1.165) is 24.2 Å². The Hall–Kier alpha value is -2.39. The van der Waals surface area contributed by atoms with Gasteiger partial charge in [0, 0.05) is 53.2 Å². The zero-order chi connectivity index (χ0) is 19.6. The van der Waals surface area contributed by atoms with Crippen LogP contribution in [0.3, 0.4) is 0 Å². The summed E-state index contributed by atoms with van der Waals surface area (Å²) in [6, 6.07) is 5.22. The highest BCUT2D eigenvalue weighted by Crippen LogP contribution is 2.22. The van der Waals surface area contributed by atoms with Crippen molar-refractivity contribution in [1.29, 1.82) is 0 Å². The molecule has 3 rings (SSSR count). The smallest absolute Gasteiger partial charge is 0.268 e. The quantitative estimate of drug-likeness (QED) is 0.800. The normalized spacial score (nSPS) is 15.1. The van der Waals surface area contributed by atoms with Gasteiger partial charge in [-0.15, -0.1) is 0 Å². The first-order valence-electron chi connectivity index (χ1n) is 8.86. The van der Waals surface area contributed by atoms with Crippen molar-refractivity contribution >= 4 is 21.7 Å². The molecule has 1 aliphatic rings. The van der Waals surface area contributed by atoms with E-state index in [1.54, 1.807) is 17.8 Å². The molecule has 1 fully saturated rings. The first-order chi connectivity index (χ1) is 12.8. The zero-order valence-corrected chi connectivity index (χ0v) is 16.7. The van der Waals surface area contributed by atoms with Crippen LogP contribution in [0.15, 0.2) is 35.5 Å². The second kappa shape index (κ2) is 7.69. The number of amides is 1. The van der Waals surface area contributed by atoms with Crippen LogP contribution in [0.2, 0.25) is 0 Å². The highest BCUT2D eigenvalue weighted by molar-refractivity contribution is 7.89. The molecule has 0 spiro atoms. The number of aryl methyl sites for hydroxylation is 1. The number of nitrogens with zero attached hydrogens (tertiary/aromatic N) is 4. The molecule has 3 heterocycles. The maximum atomic E-state index is 12.7. The topological polar surface area (TPSA) is 87.5 Å². The number of carbonyl (C=O) groups excluding carboxylic acids is 1. The van der Waals surface area contributed by atoms with Crippen molar-refractivity contribution in [2.24, 2.45) is 7.05 Å². The van der Waals surface area contributed by atoms with E-state index in [9.17, 15) is 13.2 Å². The van der Waals surface area contributed by atoms with Crippen molar-refractivity contribution in [2.75, 3.05) is 32.1 Å². The lowest BCUT2D eigenvalue weighted by Gasteiger charge is -2.13. The third kappa shape index (κ3) is 4.14. The van der Waals surface area contributed by atoms with E-state index in [4.69, 9.17) is 0 Å². The molecule has 0 aromatic carbocycles. The maximum absolute atomic E-state index is 12.7. The summed E-state index contributed by atoms with van der Waals surface area (Å²) in [6.45, 7) is 1.39. The van der Waals surface area contributed by atoms with Gasteiger partial charge in [-0.05, 0) is 30.5 Å². The molecule has 8 nitrogen and oxygen atoms in total. The van der Waals surface area contributed by atoms with Crippen molar-refractivity contribution in [3.05, 3.63) is 41.9 Å². The fourth-order valence-corrected chi connectivity index (χ4v) is 4.63. The lowest BCUT2D eigenvalue weighted by Crippen LogP contribution is -2.27. The molecule has 1 N–H and O–H groups in total. The number of hydrogen-bond acceptors (Lipinski definition) is 5. The lowest BCUT2D eigenvalue weighted by molar-refractivity contribution is 0.0942. The van der Waals surface area contributed by atoms with Gasteiger partial charge in [0.2, 0.25) is 10.0 Å². The van der Waals surface area contributed by atoms with Crippen LogP contribution in [-0.4, -0.2) is 55.4 Å². The van der Waals surface area contributed by atoms with Crippen molar-refractivity contribution < 1.29 is 13.2 Å². The molecule has 146 valence electrons. The third-order valence-electron chi connectivity index (χ3n) is 4.64. The average Bonchev–Trinajstić information content (AvgIpc) is 3.30. The van der Waals surface area contributed by atoms with E-state index in [1.807, 2.05) is 31.1 Å². The molecule has 1 saturated heterocycles. The van der Waals surface area contributed by atoms with E-state index in [1.165, 1.54) is 16.6 Å². The monoisotopic (exact) mass is 391 g/mol. The molecule has 9 heteroatoms. The summed E-state index contributed by atoms with van der Waals surface area (Å²) in [5.74, 6) is 0.515.